The fraction of sp³-hybridized carbons (Fsp3) is 0.625. The van der Waals surface area contributed by atoms with E-state index in [0.29, 0.717) is 6.54 Å². The minimum atomic E-state index is -0.617. The molecule has 1 unspecified atom stereocenters. The number of rotatable bonds is 3. The third-order valence-corrected chi connectivity index (χ3v) is 1.98. The molecule has 0 radical (unpaired) electrons. The second-order valence-corrected chi connectivity index (χ2v) is 3.34. The Balaban J connectivity index is 2.53. The van der Waals surface area contributed by atoms with Gasteiger partial charge in [-0.05, 0) is 6.92 Å². The van der Waals surface area contributed by atoms with Gasteiger partial charge in [0.25, 0.3) is 0 Å². The van der Waals surface area contributed by atoms with Crippen LogP contribution in [-0.4, -0.2) is 41.8 Å². The van der Waals surface area contributed by atoms with Crippen LogP contribution in [0.3, 0.4) is 0 Å². The Kier molecular flexibility index (Phi) is 3.06. The predicted molar refractivity (Wildman–Crippen MR) is 48.0 cm³/mol. The van der Waals surface area contributed by atoms with Gasteiger partial charge in [-0.3, -0.25) is 14.4 Å². The molecule has 3 amide bonds. The average Bonchev–Trinajstić information content (AvgIpc) is 2.08. The number of carbonyl (C=O) groups is 3. The number of nitrogens with one attached hydrogen (secondary N) is 1. The molecule has 1 rings (SSSR count). The molecule has 0 bridgehead atoms. The lowest BCUT2D eigenvalue weighted by Crippen LogP contribution is -2.56. The van der Waals surface area contributed by atoms with Gasteiger partial charge in [0.05, 0.1) is 0 Å². The monoisotopic (exact) mass is 199 g/mol. The topological polar surface area (TPSA) is 92.5 Å². The molecule has 1 heterocycles. The summed E-state index contributed by atoms with van der Waals surface area (Å²) in [5.41, 5.74) is 4.95. The number of piperazine rings is 1. The van der Waals surface area contributed by atoms with Crippen LogP contribution >= 0.6 is 0 Å². The second-order valence-electron chi connectivity index (χ2n) is 3.34. The summed E-state index contributed by atoms with van der Waals surface area (Å²) in [6.45, 7) is 2.44. The van der Waals surface area contributed by atoms with Gasteiger partial charge in [-0.15, -0.1) is 0 Å². The Bertz CT molecular complexity index is 277. The highest BCUT2D eigenvalue weighted by molar-refractivity contribution is 6.35. The van der Waals surface area contributed by atoms with Crippen LogP contribution < -0.4 is 11.1 Å². The van der Waals surface area contributed by atoms with Gasteiger partial charge in [0, 0.05) is 25.6 Å². The van der Waals surface area contributed by atoms with Crippen molar-refractivity contribution in [2.45, 2.75) is 19.4 Å². The number of primary amides is 1. The lowest BCUT2D eigenvalue weighted by Gasteiger charge is -2.30. The molecule has 1 atom stereocenters. The SMILES string of the molecule is CC1CN(CCC(N)=O)C(=O)C(=O)N1. The minimum absolute atomic E-state index is 0.0759. The van der Waals surface area contributed by atoms with E-state index in [9.17, 15) is 14.4 Å². The van der Waals surface area contributed by atoms with Gasteiger partial charge < -0.3 is 16.0 Å². The molecule has 3 N–H and O–H groups in total. The molecular formula is C8H13N3O3. The third-order valence-electron chi connectivity index (χ3n) is 1.98. The summed E-state index contributed by atoms with van der Waals surface area (Å²) in [7, 11) is 0. The van der Waals surface area contributed by atoms with E-state index >= 15 is 0 Å². The van der Waals surface area contributed by atoms with Gasteiger partial charge in [-0.2, -0.15) is 0 Å². The van der Waals surface area contributed by atoms with E-state index < -0.39 is 17.7 Å². The summed E-state index contributed by atoms with van der Waals surface area (Å²) in [6.07, 6.45) is 0.0890. The molecule has 1 aliphatic rings. The summed E-state index contributed by atoms with van der Waals surface area (Å²) in [4.78, 5) is 34.1. The van der Waals surface area contributed by atoms with Crippen molar-refractivity contribution in [3.63, 3.8) is 0 Å². The molecule has 0 aliphatic carbocycles. The van der Waals surface area contributed by atoms with E-state index in [0.717, 1.165) is 0 Å². The van der Waals surface area contributed by atoms with Crippen LogP contribution in [-0.2, 0) is 14.4 Å². The molecule has 6 heteroatoms. The smallest absolute Gasteiger partial charge is 0.311 e. The highest BCUT2D eigenvalue weighted by Crippen LogP contribution is 2.01. The zero-order valence-corrected chi connectivity index (χ0v) is 7.95. The van der Waals surface area contributed by atoms with Gasteiger partial charge in [0.15, 0.2) is 0 Å². The van der Waals surface area contributed by atoms with E-state index in [1.165, 1.54) is 4.90 Å². The summed E-state index contributed by atoms with van der Waals surface area (Å²) in [6, 6.07) is -0.0759. The van der Waals surface area contributed by atoms with Gasteiger partial charge in [0.2, 0.25) is 5.91 Å². The molecule has 14 heavy (non-hydrogen) atoms. The first-order valence-electron chi connectivity index (χ1n) is 4.38. The van der Waals surface area contributed by atoms with Crippen LogP contribution in [0.25, 0.3) is 0 Å². The standard InChI is InChI=1S/C8H13N3O3/c1-5-4-11(3-2-6(9)12)8(14)7(13)10-5/h5H,2-4H2,1H3,(H2,9,12)(H,10,13). The van der Waals surface area contributed by atoms with Crippen LogP contribution in [0.4, 0.5) is 0 Å². The molecule has 1 aliphatic heterocycles. The molecular weight excluding hydrogens is 186 g/mol. The Hall–Kier alpha value is -1.59. The molecule has 0 aromatic carbocycles. The number of nitrogens with two attached hydrogens (primary N) is 1. The van der Waals surface area contributed by atoms with E-state index in [1.807, 2.05) is 0 Å². The van der Waals surface area contributed by atoms with Crippen LogP contribution in [0.5, 0.6) is 0 Å². The molecule has 0 saturated carbocycles. The summed E-state index contributed by atoms with van der Waals surface area (Å²) in [5, 5.41) is 2.50. The quantitative estimate of drug-likeness (QED) is 0.526. The van der Waals surface area contributed by atoms with Crippen molar-refractivity contribution in [3.05, 3.63) is 0 Å². The van der Waals surface area contributed by atoms with Crippen LogP contribution in [0, 0.1) is 0 Å². The normalized spacial score (nSPS) is 22.1. The maximum Gasteiger partial charge on any atom is 0.311 e. The summed E-state index contributed by atoms with van der Waals surface area (Å²) >= 11 is 0. The highest BCUT2D eigenvalue weighted by Gasteiger charge is 2.29. The maximum atomic E-state index is 11.2. The van der Waals surface area contributed by atoms with E-state index in [-0.39, 0.29) is 19.0 Å². The lowest BCUT2D eigenvalue weighted by atomic mass is 10.2. The predicted octanol–water partition coefficient (Wildman–Crippen LogP) is -1.79. The van der Waals surface area contributed by atoms with E-state index in [4.69, 9.17) is 5.73 Å². The van der Waals surface area contributed by atoms with Gasteiger partial charge in [-0.1, -0.05) is 0 Å². The van der Waals surface area contributed by atoms with Gasteiger partial charge >= 0.3 is 11.8 Å². The molecule has 0 aromatic heterocycles. The van der Waals surface area contributed by atoms with E-state index in [2.05, 4.69) is 5.32 Å². The van der Waals surface area contributed by atoms with Gasteiger partial charge in [0.1, 0.15) is 0 Å². The highest BCUT2D eigenvalue weighted by atomic mass is 16.2. The van der Waals surface area contributed by atoms with Crippen LogP contribution in [0.1, 0.15) is 13.3 Å². The van der Waals surface area contributed by atoms with Crippen molar-refractivity contribution in [1.82, 2.24) is 10.2 Å². The minimum Gasteiger partial charge on any atom is -0.370 e. The Labute approximate surface area is 81.4 Å². The Morgan fingerprint density at radius 2 is 2.29 bits per heavy atom. The van der Waals surface area contributed by atoms with Crippen molar-refractivity contribution in [2.24, 2.45) is 5.73 Å². The Morgan fingerprint density at radius 3 is 2.86 bits per heavy atom. The second kappa shape index (κ2) is 4.08. The van der Waals surface area contributed by atoms with Gasteiger partial charge in [-0.25, -0.2) is 0 Å². The van der Waals surface area contributed by atoms with Crippen molar-refractivity contribution < 1.29 is 14.4 Å². The third kappa shape index (κ3) is 2.45. The zero-order chi connectivity index (χ0) is 10.7. The molecule has 0 aromatic rings. The first kappa shape index (κ1) is 10.5. The zero-order valence-electron chi connectivity index (χ0n) is 7.95. The number of hydrogen-bond acceptors (Lipinski definition) is 3. The molecule has 6 nitrogen and oxygen atoms in total. The van der Waals surface area contributed by atoms with Crippen molar-refractivity contribution >= 4 is 17.7 Å². The number of carbonyl (C=O) groups excluding carboxylic acids is 3. The number of hydrogen-bond donors (Lipinski definition) is 2. The molecule has 0 spiro atoms. The fourth-order valence-electron chi connectivity index (χ4n) is 1.33. The first-order chi connectivity index (χ1) is 6.50. The summed E-state index contributed by atoms with van der Waals surface area (Å²) in [5.74, 6) is -1.69. The van der Waals surface area contributed by atoms with Crippen molar-refractivity contribution in [3.8, 4) is 0 Å². The summed E-state index contributed by atoms with van der Waals surface area (Å²) < 4.78 is 0. The van der Waals surface area contributed by atoms with Crippen LogP contribution in [0.2, 0.25) is 0 Å². The number of amides is 3. The molecule has 1 fully saturated rings. The molecule has 1 saturated heterocycles. The van der Waals surface area contributed by atoms with Crippen molar-refractivity contribution in [1.29, 1.82) is 0 Å². The lowest BCUT2D eigenvalue weighted by molar-refractivity contribution is -0.149. The Morgan fingerprint density at radius 1 is 1.64 bits per heavy atom. The maximum absolute atomic E-state index is 11.2. The fourth-order valence-corrected chi connectivity index (χ4v) is 1.33. The largest absolute Gasteiger partial charge is 0.370 e. The van der Waals surface area contributed by atoms with E-state index in [1.54, 1.807) is 6.92 Å². The average molecular weight is 199 g/mol. The first-order valence-corrected chi connectivity index (χ1v) is 4.38. The number of nitrogens with zero attached hydrogens (tertiary/aromatic N) is 1. The molecule has 78 valence electrons. The van der Waals surface area contributed by atoms with Crippen LogP contribution in [0.15, 0.2) is 0 Å². The van der Waals surface area contributed by atoms with Crippen molar-refractivity contribution in [2.75, 3.05) is 13.1 Å².